The summed E-state index contributed by atoms with van der Waals surface area (Å²) in [6.07, 6.45) is 0.669. The predicted molar refractivity (Wildman–Crippen MR) is 67.5 cm³/mol. The summed E-state index contributed by atoms with van der Waals surface area (Å²) in [5, 5.41) is 0.346. The monoisotopic (exact) mass is 291 g/mol. The molecule has 1 atom stereocenters. The van der Waals surface area contributed by atoms with Crippen LogP contribution in [0, 0.1) is 0 Å². The Morgan fingerprint density at radius 2 is 2.28 bits per heavy atom. The average Bonchev–Trinajstić information content (AvgIpc) is 2.81. The van der Waals surface area contributed by atoms with Crippen LogP contribution in [0.2, 0.25) is 5.02 Å². The molecule has 0 saturated carbocycles. The Morgan fingerprint density at radius 1 is 1.50 bits per heavy atom. The van der Waals surface area contributed by atoms with E-state index in [-0.39, 0.29) is 16.7 Å². The van der Waals surface area contributed by atoms with E-state index in [4.69, 9.17) is 21.1 Å². The summed E-state index contributed by atoms with van der Waals surface area (Å²) in [7, 11) is -2.23. The number of hydrogen-bond acceptors (Lipinski definition) is 4. The van der Waals surface area contributed by atoms with Crippen LogP contribution in [0.1, 0.15) is 6.42 Å². The van der Waals surface area contributed by atoms with Gasteiger partial charge in [-0.1, -0.05) is 11.6 Å². The molecular weight excluding hydrogens is 278 g/mol. The second kappa shape index (κ2) is 5.44. The van der Waals surface area contributed by atoms with Crippen LogP contribution in [-0.2, 0) is 14.8 Å². The molecule has 1 saturated heterocycles. The van der Waals surface area contributed by atoms with Gasteiger partial charge in [0.1, 0.15) is 10.6 Å². The summed E-state index contributed by atoms with van der Waals surface area (Å²) < 4.78 is 37.2. The fourth-order valence-electron chi connectivity index (χ4n) is 1.77. The van der Waals surface area contributed by atoms with E-state index >= 15 is 0 Å². The van der Waals surface area contributed by atoms with Crippen molar-refractivity contribution in [2.24, 2.45) is 0 Å². The summed E-state index contributed by atoms with van der Waals surface area (Å²) in [6.45, 7) is 0.960. The van der Waals surface area contributed by atoms with Gasteiger partial charge in [-0.3, -0.25) is 0 Å². The molecule has 5 nitrogen and oxygen atoms in total. The Balaban J connectivity index is 2.30. The lowest BCUT2D eigenvalue weighted by Gasteiger charge is -2.14. The minimum absolute atomic E-state index is 0.0457. The van der Waals surface area contributed by atoms with Crippen LogP contribution in [0.25, 0.3) is 0 Å². The molecule has 1 aliphatic rings. The molecule has 18 heavy (non-hydrogen) atoms. The van der Waals surface area contributed by atoms with Gasteiger partial charge in [0.05, 0.1) is 13.7 Å². The Labute approximate surface area is 111 Å². The molecule has 1 aromatic carbocycles. The zero-order valence-electron chi connectivity index (χ0n) is 9.85. The molecule has 1 aliphatic heterocycles. The van der Waals surface area contributed by atoms with Gasteiger partial charge < -0.3 is 9.47 Å². The third kappa shape index (κ3) is 2.95. The minimum Gasteiger partial charge on any atom is -0.495 e. The molecule has 0 aromatic heterocycles. The number of halogens is 1. The number of hydrogen-bond donors (Lipinski definition) is 1. The van der Waals surface area contributed by atoms with Crippen molar-refractivity contribution in [2.45, 2.75) is 17.4 Å². The Hall–Kier alpha value is -0.820. The van der Waals surface area contributed by atoms with Crippen molar-refractivity contribution >= 4 is 21.6 Å². The highest BCUT2D eigenvalue weighted by atomic mass is 35.5. The molecule has 1 N–H and O–H groups in total. The summed E-state index contributed by atoms with van der Waals surface area (Å²) in [6, 6.07) is 4.29. The van der Waals surface area contributed by atoms with Crippen molar-refractivity contribution < 1.29 is 17.9 Å². The van der Waals surface area contributed by atoms with Crippen molar-refractivity contribution in [1.29, 1.82) is 0 Å². The quantitative estimate of drug-likeness (QED) is 0.911. The van der Waals surface area contributed by atoms with Crippen molar-refractivity contribution in [3.63, 3.8) is 0 Å². The van der Waals surface area contributed by atoms with Gasteiger partial charge >= 0.3 is 0 Å². The second-order valence-electron chi connectivity index (χ2n) is 3.98. The van der Waals surface area contributed by atoms with Gasteiger partial charge in [-0.05, 0) is 24.6 Å². The molecule has 2 rings (SSSR count). The van der Waals surface area contributed by atoms with Gasteiger partial charge in [-0.2, -0.15) is 0 Å². The SMILES string of the molecule is COc1ccc(Cl)cc1S(=O)(=O)NC1CCOC1. The highest BCUT2D eigenvalue weighted by Gasteiger charge is 2.26. The fourth-order valence-corrected chi connectivity index (χ4v) is 3.46. The summed E-state index contributed by atoms with van der Waals surface area (Å²) in [5.74, 6) is 0.269. The van der Waals surface area contributed by atoms with E-state index in [9.17, 15) is 8.42 Å². The normalized spacial score (nSPS) is 20.0. The van der Waals surface area contributed by atoms with Gasteiger partial charge in [0.15, 0.2) is 0 Å². The zero-order valence-corrected chi connectivity index (χ0v) is 11.4. The molecular formula is C11H14ClNO4S. The lowest BCUT2D eigenvalue weighted by Crippen LogP contribution is -2.35. The summed E-state index contributed by atoms with van der Waals surface area (Å²) in [5.41, 5.74) is 0. The van der Waals surface area contributed by atoms with Crippen LogP contribution in [0.5, 0.6) is 5.75 Å². The first kappa shape index (κ1) is 13.6. The number of rotatable bonds is 4. The van der Waals surface area contributed by atoms with Crippen molar-refractivity contribution in [2.75, 3.05) is 20.3 Å². The van der Waals surface area contributed by atoms with Crippen molar-refractivity contribution in [3.05, 3.63) is 23.2 Å². The number of sulfonamides is 1. The maximum absolute atomic E-state index is 12.2. The first-order valence-electron chi connectivity index (χ1n) is 5.46. The van der Waals surface area contributed by atoms with Gasteiger partial charge in [-0.25, -0.2) is 13.1 Å². The van der Waals surface area contributed by atoms with Crippen LogP contribution in [0.4, 0.5) is 0 Å². The van der Waals surface area contributed by atoms with Crippen molar-refractivity contribution in [3.8, 4) is 5.75 Å². The highest BCUT2D eigenvalue weighted by molar-refractivity contribution is 7.89. The maximum atomic E-state index is 12.2. The molecule has 1 aromatic rings. The van der Waals surface area contributed by atoms with Crippen LogP contribution in [-0.4, -0.2) is 34.8 Å². The highest BCUT2D eigenvalue weighted by Crippen LogP contribution is 2.27. The van der Waals surface area contributed by atoms with Gasteiger partial charge in [0, 0.05) is 17.7 Å². The Kier molecular flexibility index (Phi) is 4.11. The molecule has 0 amide bonds. The fraction of sp³-hybridized carbons (Fsp3) is 0.455. The third-order valence-electron chi connectivity index (χ3n) is 2.67. The van der Waals surface area contributed by atoms with E-state index in [0.717, 1.165) is 0 Å². The molecule has 0 bridgehead atoms. The number of methoxy groups -OCH3 is 1. The lowest BCUT2D eigenvalue weighted by atomic mass is 10.3. The molecule has 7 heteroatoms. The molecule has 0 spiro atoms. The molecule has 0 aliphatic carbocycles. The smallest absolute Gasteiger partial charge is 0.244 e. The van der Waals surface area contributed by atoms with Crippen LogP contribution < -0.4 is 9.46 Å². The number of ether oxygens (including phenoxy) is 2. The van der Waals surface area contributed by atoms with Crippen LogP contribution in [0.3, 0.4) is 0 Å². The zero-order chi connectivity index (χ0) is 13.2. The molecule has 1 unspecified atom stereocenters. The first-order chi connectivity index (χ1) is 8.53. The van der Waals surface area contributed by atoms with E-state index < -0.39 is 10.0 Å². The van der Waals surface area contributed by atoms with Gasteiger partial charge in [0.2, 0.25) is 10.0 Å². The topological polar surface area (TPSA) is 64.6 Å². The third-order valence-corrected chi connectivity index (χ3v) is 4.44. The average molecular weight is 292 g/mol. The molecule has 0 radical (unpaired) electrons. The Morgan fingerprint density at radius 3 is 2.89 bits per heavy atom. The van der Waals surface area contributed by atoms with Crippen LogP contribution in [0.15, 0.2) is 23.1 Å². The Bertz CT molecular complexity index is 526. The molecule has 1 fully saturated rings. The second-order valence-corrected chi connectivity index (χ2v) is 6.10. The first-order valence-corrected chi connectivity index (χ1v) is 7.32. The number of benzene rings is 1. The van der Waals surface area contributed by atoms with E-state index in [1.54, 1.807) is 6.07 Å². The molecule has 100 valence electrons. The maximum Gasteiger partial charge on any atom is 0.244 e. The van der Waals surface area contributed by atoms with Gasteiger partial charge in [-0.15, -0.1) is 0 Å². The standard InChI is InChI=1S/C11H14ClNO4S/c1-16-10-3-2-8(12)6-11(10)18(14,15)13-9-4-5-17-7-9/h2-3,6,9,13H,4-5,7H2,1H3. The van der Waals surface area contributed by atoms with Gasteiger partial charge in [0.25, 0.3) is 0 Å². The minimum atomic E-state index is -3.65. The lowest BCUT2D eigenvalue weighted by molar-refractivity contribution is 0.192. The van der Waals surface area contributed by atoms with E-state index in [1.165, 1.54) is 19.2 Å². The summed E-state index contributed by atoms with van der Waals surface area (Å²) in [4.78, 5) is 0.0457. The van der Waals surface area contributed by atoms with Crippen LogP contribution >= 0.6 is 11.6 Å². The predicted octanol–water partition coefficient (Wildman–Crippen LogP) is 1.42. The largest absolute Gasteiger partial charge is 0.495 e. The van der Waals surface area contributed by atoms with E-state index in [2.05, 4.69) is 4.72 Å². The summed E-state index contributed by atoms with van der Waals surface area (Å²) >= 11 is 5.82. The van der Waals surface area contributed by atoms with E-state index in [1.807, 2.05) is 0 Å². The van der Waals surface area contributed by atoms with Crippen molar-refractivity contribution in [1.82, 2.24) is 4.72 Å². The number of nitrogens with one attached hydrogen (secondary N) is 1. The van der Waals surface area contributed by atoms with E-state index in [0.29, 0.717) is 24.7 Å². The molecule has 1 heterocycles.